The van der Waals surface area contributed by atoms with E-state index in [1.807, 2.05) is 6.92 Å². The van der Waals surface area contributed by atoms with E-state index in [-0.39, 0.29) is 11.7 Å². The van der Waals surface area contributed by atoms with Crippen molar-refractivity contribution in [1.82, 2.24) is 24.6 Å². The lowest BCUT2D eigenvalue weighted by atomic mass is 9.88. The summed E-state index contributed by atoms with van der Waals surface area (Å²) in [6, 6.07) is 6.34. The molecular weight excluding hydrogens is 443 g/mol. The van der Waals surface area contributed by atoms with Gasteiger partial charge in [-0.2, -0.15) is 5.10 Å². The molecule has 0 radical (unpaired) electrons. The zero-order valence-electron chi connectivity index (χ0n) is 20.8. The molecule has 0 unspecified atom stereocenters. The van der Waals surface area contributed by atoms with Gasteiger partial charge >= 0.3 is 0 Å². The Labute approximate surface area is 206 Å². The van der Waals surface area contributed by atoms with Gasteiger partial charge in [-0.25, -0.2) is 19.0 Å². The van der Waals surface area contributed by atoms with Crippen molar-refractivity contribution in [3.8, 4) is 5.69 Å². The molecule has 3 heterocycles. The summed E-state index contributed by atoms with van der Waals surface area (Å²) in [5.74, 6) is 1.95. The number of aryl methyl sites for hydroxylation is 2. The number of hydrogen-bond acceptors (Lipinski definition) is 5. The number of carbonyl (C=O) groups excluding carboxylic acids is 1. The minimum Gasteiger partial charge on any atom is -0.354 e. The van der Waals surface area contributed by atoms with Crippen LogP contribution in [0.3, 0.4) is 0 Å². The third kappa shape index (κ3) is 4.88. The summed E-state index contributed by atoms with van der Waals surface area (Å²) >= 11 is 0. The average molecular weight is 479 g/mol. The molecule has 2 fully saturated rings. The van der Waals surface area contributed by atoms with E-state index >= 15 is 0 Å². The summed E-state index contributed by atoms with van der Waals surface area (Å²) in [6.45, 7) is 7.21. The van der Waals surface area contributed by atoms with Crippen LogP contribution in [0.25, 0.3) is 16.7 Å². The number of nitrogens with zero attached hydrogens (tertiary/aromatic N) is 6. The third-order valence-corrected chi connectivity index (χ3v) is 7.34. The Morgan fingerprint density at radius 2 is 1.77 bits per heavy atom. The summed E-state index contributed by atoms with van der Waals surface area (Å²) in [7, 11) is 0. The van der Waals surface area contributed by atoms with Crippen molar-refractivity contribution in [2.75, 3.05) is 31.1 Å². The van der Waals surface area contributed by atoms with Crippen LogP contribution in [0.5, 0.6) is 0 Å². The number of aromatic nitrogens is 4. The van der Waals surface area contributed by atoms with E-state index in [4.69, 9.17) is 15.1 Å². The van der Waals surface area contributed by atoms with Crippen molar-refractivity contribution in [3.05, 3.63) is 41.6 Å². The van der Waals surface area contributed by atoms with Gasteiger partial charge in [0.2, 0.25) is 5.91 Å². The fraction of sp³-hybridized carbons (Fsp3) is 0.556. The van der Waals surface area contributed by atoms with Gasteiger partial charge in [0.05, 0.1) is 16.8 Å². The van der Waals surface area contributed by atoms with Crippen molar-refractivity contribution in [2.24, 2.45) is 5.92 Å². The van der Waals surface area contributed by atoms with Crippen molar-refractivity contribution >= 4 is 22.8 Å². The van der Waals surface area contributed by atoms with Gasteiger partial charge < -0.3 is 9.80 Å². The number of benzene rings is 1. The second-order valence-electron chi connectivity index (χ2n) is 9.89. The van der Waals surface area contributed by atoms with E-state index in [0.29, 0.717) is 5.91 Å². The second-order valence-corrected chi connectivity index (χ2v) is 9.89. The highest BCUT2D eigenvalue weighted by atomic mass is 19.1. The first kappa shape index (κ1) is 23.7. The lowest BCUT2D eigenvalue weighted by molar-refractivity contribution is -0.136. The maximum Gasteiger partial charge on any atom is 0.225 e. The van der Waals surface area contributed by atoms with Crippen LogP contribution < -0.4 is 4.90 Å². The zero-order valence-corrected chi connectivity index (χ0v) is 20.8. The number of anilines is 1. The van der Waals surface area contributed by atoms with Gasteiger partial charge in [0.1, 0.15) is 17.5 Å². The van der Waals surface area contributed by atoms with Gasteiger partial charge in [0.25, 0.3) is 0 Å². The van der Waals surface area contributed by atoms with E-state index in [1.54, 1.807) is 16.8 Å². The number of amides is 1. The fourth-order valence-corrected chi connectivity index (χ4v) is 5.49. The molecule has 1 saturated carbocycles. The van der Waals surface area contributed by atoms with E-state index in [2.05, 4.69) is 16.7 Å². The summed E-state index contributed by atoms with van der Waals surface area (Å²) in [5, 5.41) is 5.71. The quantitative estimate of drug-likeness (QED) is 0.525. The Balaban J connectivity index is 1.47. The Morgan fingerprint density at radius 1 is 1.00 bits per heavy atom. The van der Waals surface area contributed by atoms with E-state index in [0.717, 1.165) is 92.3 Å². The molecule has 7 nitrogen and oxygen atoms in total. The SMILES string of the molecule is CCCc1nc(N2CCCN(C(=O)C3CCCCC3)CC2)c2c(C)nn(-c3ccc(F)cc3)c2n1. The van der Waals surface area contributed by atoms with E-state index < -0.39 is 0 Å². The van der Waals surface area contributed by atoms with Gasteiger partial charge in [-0.1, -0.05) is 26.2 Å². The topological polar surface area (TPSA) is 67.2 Å². The molecule has 1 amide bonds. The molecule has 0 spiro atoms. The van der Waals surface area contributed by atoms with Gasteiger partial charge in [-0.3, -0.25) is 4.79 Å². The lowest BCUT2D eigenvalue weighted by Crippen LogP contribution is -2.39. The van der Waals surface area contributed by atoms with Crippen LogP contribution in [-0.4, -0.2) is 56.7 Å². The predicted molar refractivity (Wildman–Crippen MR) is 135 cm³/mol. The van der Waals surface area contributed by atoms with Gasteiger partial charge in [-0.05, 0) is 56.9 Å². The van der Waals surface area contributed by atoms with Crippen molar-refractivity contribution < 1.29 is 9.18 Å². The molecule has 5 rings (SSSR count). The molecule has 35 heavy (non-hydrogen) atoms. The van der Waals surface area contributed by atoms with Crippen LogP contribution in [0.2, 0.25) is 0 Å². The summed E-state index contributed by atoms with van der Waals surface area (Å²) < 4.78 is 15.3. The molecule has 1 aliphatic carbocycles. The number of fused-ring (bicyclic) bond motifs is 1. The molecule has 1 saturated heterocycles. The third-order valence-electron chi connectivity index (χ3n) is 7.34. The lowest BCUT2D eigenvalue weighted by Gasteiger charge is -2.28. The van der Waals surface area contributed by atoms with Crippen LogP contribution in [-0.2, 0) is 11.2 Å². The number of rotatable bonds is 5. The number of carbonyl (C=O) groups is 1. The minimum absolute atomic E-state index is 0.202. The number of halogens is 1. The molecule has 2 aromatic heterocycles. The van der Waals surface area contributed by atoms with E-state index in [1.165, 1.54) is 31.4 Å². The molecule has 3 aromatic rings. The Morgan fingerprint density at radius 3 is 2.51 bits per heavy atom. The highest BCUT2D eigenvalue weighted by Crippen LogP contribution is 2.31. The summed E-state index contributed by atoms with van der Waals surface area (Å²) in [4.78, 5) is 27.4. The maximum atomic E-state index is 13.5. The average Bonchev–Trinajstić information content (AvgIpc) is 3.05. The molecule has 1 aliphatic heterocycles. The molecule has 0 bridgehead atoms. The van der Waals surface area contributed by atoms with Gasteiger partial charge in [0, 0.05) is 38.5 Å². The first-order valence-electron chi connectivity index (χ1n) is 13.1. The Hall–Kier alpha value is -3.03. The molecular formula is C27H35FN6O. The second kappa shape index (κ2) is 10.3. The predicted octanol–water partition coefficient (Wildman–Crippen LogP) is 4.83. The largest absolute Gasteiger partial charge is 0.354 e. The van der Waals surface area contributed by atoms with Crippen LogP contribution in [0, 0.1) is 18.7 Å². The molecule has 2 aliphatic rings. The van der Waals surface area contributed by atoms with Crippen molar-refractivity contribution in [3.63, 3.8) is 0 Å². The normalized spacial score (nSPS) is 17.7. The standard InChI is InChI=1S/C27H35FN6O/c1-3-8-23-29-25(24-19(2)31-34(26(24)30-23)22-13-11-21(28)12-14-22)32-15-7-16-33(18-17-32)27(35)20-9-5-4-6-10-20/h11-14,20H,3-10,15-18H2,1-2H3. The molecule has 186 valence electrons. The van der Waals surface area contributed by atoms with Crippen LogP contribution in [0.15, 0.2) is 24.3 Å². The summed E-state index contributed by atoms with van der Waals surface area (Å²) in [5.41, 5.74) is 2.38. The zero-order chi connectivity index (χ0) is 24.4. The molecule has 8 heteroatoms. The Kier molecular flexibility index (Phi) is 6.97. The van der Waals surface area contributed by atoms with Gasteiger partial charge in [0.15, 0.2) is 5.65 Å². The maximum absolute atomic E-state index is 13.5. The molecule has 1 aromatic carbocycles. The fourth-order valence-electron chi connectivity index (χ4n) is 5.49. The van der Waals surface area contributed by atoms with Crippen molar-refractivity contribution in [1.29, 1.82) is 0 Å². The first-order valence-corrected chi connectivity index (χ1v) is 13.1. The molecule has 0 atom stereocenters. The smallest absolute Gasteiger partial charge is 0.225 e. The summed E-state index contributed by atoms with van der Waals surface area (Å²) in [6.07, 6.45) is 8.31. The minimum atomic E-state index is -0.277. The number of hydrogen-bond donors (Lipinski definition) is 0. The highest BCUT2D eigenvalue weighted by molar-refractivity contribution is 5.91. The van der Waals surface area contributed by atoms with Crippen LogP contribution >= 0.6 is 0 Å². The monoisotopic (exact) mass is 478 g/mol. The Bertz CT molecular complexity index is 1180. The van der Waals surface area contributed by atoms with Crippen LogP contribution in [0.4, 0.5) is 10.2 Å². The first-order chi connectivity index (χ1) is 17.0. The van der Waals surface area contributed by atoms with Crippen molar-refractivity contribution in [2.45, 2.75) is 65.2 Å². The van der Waals surface area contributed by atoms with E-state index in [9.17, 15) is 9.18 Å². The van der Waals surface area contributed by atoms with Gasteiger partial charge in [-0.15, -0.1) is 0 Å². The van der Waals surface area contributed by atoms with Crippen LogP contribution in [0.1, 0.15) is 63.4 Å². The highest BCUT2D eigenvalue weighted by Gasteiger charge is 2.29. The molecule has 0 N–H and O–H groups in total.